The summed E-state index contributed by atoms with van der Waals surface area (Å²) in [6, 6.07) is 4.17. The molecule has 0 aliphatic heterocycles. The Labute approximate surface area is 206 Å². The lowest BCUT2D eigenvalue weighted by Crippen LogP contribution is -2.52. The molecule has 0 aromatic heterocycles. The molecule has 0 radical (unpaired) electrons. The first kappa shape index (κ1) is 29.5. The standard InChI is InChI=1S/C27H45N3O4/c1-10-11-12-16-28-24(31)23(21-15-13-14-19(4)20(21)5)30(9)25(32)22(17-18(2)3)29-26(33)34-27(6,7)8/h13-15,18,22-23H,10-12,16-17H2,1-9H3,(H,28,31)(H,29,33). The van der Waals surface area contributed by atoms with Crippen LogP contribution in [0.25, 0.3) is 0 Å². The second-order valence-electron chi connectivity index (χ2n) is 10.5. The van der Waals surface area contributed by atoms with Crippen molar-refractivity contribution in [3.05, 3.63) is 34.9 Å². The van der Waals surface area contributed by atoms with Crippen molar-refractivity contribution in [3.63, 3.8) is 0 Å². The van der Waals surface area contributed by atoms with E-state index in [4.69, 9.17) is 4.74 Å². The number of carbonyl (C=O) groups excluding carboxylic acids is 3. The molecule has 1 aromatic carbocycles. The van der Waals surface area contributed by atoms with Gasteiger partial charge in [-0.3, -0.25) is 9.59 Å². The van der Waals surface area contributed by atoms with Crippen LogP contribution in [0.5, 0.6) is 0 Å². The van der Waals surface area contributed by atoms with Crippen molar-refractivity contribution >= 4 is 17.9 Å². The molecule has 34 heavy (non-hydrogen) atoms. The fraction of sp³-hybridized carbons (Fsp3) is 0.667. The number of nitrogens with zero attached hydrogens (tertiary/aromatic N) is 1. The normalized spacial score (nSPS) is 13.2. The number of aryl methyl sites for hydroxylation is 1. The first-order chi connectivity index (χ1) is 15.8. The lowest BCUT2D eigenvalue weighted by Gasteiger charge is -2.33. The predicted molar refractivity (Wildman–Crippen MR) is 137 cm³/mol. The number of ether oxygens (including phenoxy) is 1. The van der Waals surface area contributed by atoms with Crippen LogP contribution in [0.3, 0.4) is 0 Å². The lowest BCUT2D eigenvalue weighted by molar-refractivity contribution is -0.141. The molecule has 7 heteroatoms. The molecular weight excluding hydrogens is 430 g/mol. The summed E-state index contributed by atoms with van der Waals surface area (Å²) in [6.07, 6.45) is 2.75. The molecule has 0 bridgehead atoms. The number of amides is 3. The minimum Gasteiger partial charge on any atom is -0.444 e. The number of likely N-dealkylation sites (N-methyl/N-ethyl adjacent to an activating group) is 1. The van der Waals surface area contributed by atoms with Gasteiger partial charge < -0.3 is 20.3 Å². The van der Waals surface area contributed by atoms with Crippen LogP contribution in [0.15, 0.2) is 18.2 Å². The number of nitrogens with one attached hydrogen (secondary N) is 2. The molecule has 3 amide bonds. The van der Waals surface area contributed by atoms with E-state index in [9.17, 15) is 14.4 Å². The summed E-state index contributed by atoms with van der Waals surface area (Å²) in [6.45, 7) is 15.9. The van der Waals surface area contributed by atoms with Crippen LogP contribution in [0.1, 0.15) is 90.0 Å². The Kier molecular flexibility index (Phi) is 11.6. The van der Waals surface area contributed by atoms with E-state index in [0.717, 1.165) is 36.0 Å². The van der Waals surface area contributed by atoms with E-state index in [1.807, 2.05) is 45.9 Å². The van der Waals surface area contributed by atoms with E-state index in [2.05, 4.69) is 17.6 Å². The van der Waals surface area contributed by atoms with Gasteiger partial charge in [-0.2, -0.15) is 0 Å². The molecular formula is C27H45N3O4. The third-order valence-corrected chi connectivity index (χ3v) is 5.70. The Balaban J connectivity index is 3.26. The Morgan fingerprint density at radius 3 is 2.29 bits per heavy atom. The lowest BCUT2D eigenvalue weighted by atomic mass is 9.94. The average molecular weight is 476 g/mol. The van der Waals surface area contributed by atoms with E-state index >= 15 is 0 Å². The molecule has 0 saturated carbocycles. The van der Waals surface area contributed by atoms with Crippen molar-refractivity contribution in [1.29, 1.82) is 0 Å². The van der Waals surface area contributed by atoms with Crippen LogP contribution in [-0.2, 0) is 14.3 Å². The molecule has 2 unspecified atom stereocenters. The van der Waals surface area contributed by atoms with E-state index < -0.39 is 23.8 Å². The summed E-state index contributed by atoms with van der Waals surface area (Å²) >= 11 is 0. The number of hydrogen-bond donors (Lipinski definition) is 2. The van der Waals surface area contributed by atoms with Crippen LogP contribution in [-0.4, -0.2) is 48.0 Å². The minimum absolute atomic E-state index is 0.152. The number of rotatable bonds is 11. The van der Waals surface area contributed by atoms with Crippen molar-refractivity contribution in [3.8, 4) is 0 Å². The number of carbonyl (C=O) groups is 3. The number of unbranched alkanes of at least 4 members (excludes halogenated alkanes) is 2. The molecule has 0 heterocycles. The first-order valence-electron chi connectivity index (χ1n) is 12.4. The van der Waals surface area contributed by atoms with Gasteiger partial charge in [0.25, 0.3) is 0 Å². The monoisotopic (exact) mass is 475 g/mol. The van der Waals surface area contributed by atoms with Crippen LogP contribution >= 0.6 is 0 Å². The highest BCUT2D eigenvalue weighted by molar-refractivity contribution is 5.92. The van der Waals surface area contributed by atoms with Gasteiger partial charge >= 0.3 is 6.09 Å². The first-order valence-corrected chi connectivity index (χ1v) is 12.4. The minimum atomic E-state index is -0.805. The number of benzene rings is 1. The fourth-order valence-corrected chi connectivity index (χ4v) is 3.79. The molecule has 0 aliphatic carbocycles. The van der Waals surface area contributed by atoms with Gasteiger partial charge in [-0.15, -0.1) is 0 Å². The third kappa shape index (κ3) is 9.35. The van der Waals surface area contributed by atoms with Crippen molar-refractivity contribution in [2.75, 3.05) is 13.6 Å². The molecule has 1 aromatic rings. The smallest absolute Gasteiger partial charge is 0.408 e. The largest absolute Gasteiger partial charge is 0.444 e. The SMILES string of the molecule is CCCCCNC(=O)C(c1cccc(C)c1C)N(C)C(=O)C(CC(C)C)NC(=O)OC(C)(C)C. The number of hydrogen-bond acceptors (Lipinski definition) is 4. The van der Waals surface area contributed by atoms with Gasteiger partial charge in [-0.1, -0.05) is 51.8 Å². The highest BCUT2D eigenvalue weighted by Gasteiger charge is 2.35. The Morgan fingerprint density at radius 2 is 1.74 bits per heavy atom. The van der Waals surface area contributed by atoms with Gasteiger partial charge in [0.05, 0.1) is 0 Å². The maximum atomic E-state index is 13.6. The van der Waals surface area contributed by atoms with Crippen LogP contribution < -0.4 is 10.6 Å². The van der Waals surface area contributed by atoms with Crippen LogP contribution in [0, 0.1) is 19.8 Å². The summed E-state index contributed by atoms with van der Waals surface area (Å²) in [5, 5.41) is 5.74. The van der Waals surface area contributed by atoms with E-state index in [1.165, 1.54) is 4.90 Å². The zero-order chi connectivity index (χ0) is 26.1. The Bertz CT molecular complexity index is 830. The molecule has 0 spiro atoms. The molecule has 1 rings (SSSR count). The fourth-order valence-electron chi connectivity index (χ4n) is 3.79. The van der Waals surface area contributed by atoms with Gasteiger partial charge in [0.15, 0.2) is 0 Å². The molecule has 0 aliphatic rings. The van der Waals surface area contributed by atoms with Crippen molar-refractivity contribution in [1.82, 2.24) is 15.5 Å². The molecule has 0 saturated heterocycles. The summed E-state index contributed by atoms with van der Waals surface area (Å²) in [5.74, 6) is -0.394. The molecule has 7 nitrogen and oxygen atoms in total. The maximum Gasteiger partial charge on any atom is 0.408 e. The van der Waals surface area contributed by atoms with Crippen LogP contribution in [0.2, 0.25) is 0 Å². The molecule has 192 valence electrons. The van der Waals surface area contributed by atoms with Gasteiger partial charge in [0, 0.05) is 13.6 Å². The van der Waals surface area contributed by atoms with Gasteiger partial charge in [0.2, 0.25) is 11.8 Å². The summed E-state index contributed by atoms with van der Waals surface area (Å²) in [5.41, 5.74) is 2.12. The second-order valence-corrected chi connectivity index (χ2v) is 10.5. The molecule has 2 N–H and O–H groups in total. The van der Waals surface area contributed by atoms with E-state index in [-0.39, 0.29) is 17.7 Å². The van der Waals surface area contributed by atoms with Gasteiger partial charge in [0.1, 0.15) is 17.7 Å². The zero-order valence-corrected chi connectivity index (χ0v) is 22.6. The second kappa shape index (κ2) is 13.4. The molecule has 2 atom stereocenters. The van der Waals surface area contributed by atoms with E-state index in [0.29, 0.717) is 13.0 Å². The summed E-state index contributed by atoms with van der Waals surface area (Å²) in [7, 11) is 1.63. The predicted octanol–water partition coefficient (Wildman–Crippen LogP) is 5.05. The summed E-state index contributed by atoms with van der Waals surface area (Å²) < 4.78 is 5.38. The van der Waals surface area contributed by atoms with Crippen LogP contribution in [0.4, 0.5) is 4.79 Å². The van der Waals surface area contributed by atoms with Crippen molar-refractivity contribution in [2.24, 2.45) is 5.92 Å². The Morgan fingerprint density at radius 1 is 1.09 bits per heavy atom. The highest BCUT2D eigenvalue weighted by atomic mass is 16.6. The zero-order valence-electron chi connectivity index (χ0n) is 22.6. The molecule has 0 fully saturated rings. The highest BCUT2D eigenvalue weighted by Crippen LogP contribution is 2.27. The third-order valence-electron chi connectivity index (χ3n) is 5.70. The average Bonchev–Trinajstić information content (AvgIpc) is 2.71. The van der Waals surface area contributed by atoms with E-state index in [1.54, 1.807) is 27.8 Å². The topological polar surface area (TPSA) is 87.7 Å². The van der Waals surface area contributed by atoms with Crippen molar-refractivity contribution < 1.29 is 19.1 Å². The van der Waals surface area contributed by atoms with Gasteiger partial charge in [-0.25, -0.2) is 4.79 Å². The van der Waals surface area contributed by atoms with Crippen molar-refractivity contribution in [2.45, 2.75) is 98.8 Å². The Hall–Kier alpha value is -2.57. The summed E-state index contributed by atoms with van der Waals surface area (Å²) in [4.78, 5) is 40.9. The quantitative estimate of drug-likeness (QED) is 0.439. The van der Waals surface area contributed by atoms with Gasteiger partial charge in [-0.05, 0) is 70.1 Å². The number of alkyl carbamates (subject to hydrolysis) is 1. The maximum absolute atomic E-state index is 13.6.